The van der Waals surface area contributed by atoms with E-state index in [-0.39, 0.29) is 4.87 Å². The molecule has 2 aromatic heterocycles. The Labute approximate surface area is 103 Å². The molecule has 2 heterocycles. The van der Waals surface area contributed by atoms with Crippen LogP contribution in [0, 0.1) is 0 Å². The van der Waals surface area contributed by atoms with E-state index in [0.29, 0.717) is 12.1 Å². The number of fused-ring (bicyclic) bond motifs is 1. The van der Waals surface area contributed by atoms with E-state index >= 15 is 0 Å². The van der Waals surface area contributed by atoms with Crippen LogP contribution in [0.3, 0.4) is 0 Å². The van der Waals surface area contributed by atoms with Crippen LogP contribution in [0.5, 0.6) is 0 Å². The number of rotatable bonds is 2. The number of hydrogen-bond acceptors (Lipinski definition) is 3. The Bertz CT molecular complexity index is 714. The fourth-order valence-corrected chi connectivity index (χ4v) is 2.68. The zero-order valence-electron chi connectivity index (χ0n) is 8.91. The molecule has 6 heteroatoms. The van der Waals surface area contributed by atoms with Crippen molar-refractivity contribution in [1.82, 2.24) is 14.1 Å². The molecule has 0 N–H and O–H groups in total. The zero-order chi connectivity index (χ0) is 11.8. The predicted molar refractivity (Wildman–Crippen MR) is 69.1 cm³/mol. The summed E-state index contributed by atoms with van der Waals surface area (Å²) < 4.78 is 4.47. The Hall–Kier alpha value is -1.82. The maximum absolute atomic E-state index is 11.9. The van der Waals surface area contributed by atoms with Gasteiger partial charge in [0.25, 0.3) is 0 Å². The fourth-order valence-electron chi connectivity index (χ4n) is 1.75. The number of imidazole rings is 1. The first-order valence-electron chi connectivity index (χ1n) is 5.08. The highest BCUT2D eigenvalue weighted by Crippen LogP contribution is 2.15. The Balaban J connectivity index is 2.16. The maximum atomic E-state index is 11.9. The van der Waals surface area contributed by atoms with Crippen molar-refractivity contribution in [2.75, 3.05) is 0 Å². The molecule has 0 spiro atoms. The minimum atomic E-state index is 0.0132. The number of nitrogens with zero attached hydrogens (tertiary/aromatic N) is 3. The highest BCUT2D eigenvalue weighted by atomic mass is 32.1. The van der Waals surface area contributed by atoms with E-state index in [2.05, 4.69) is 4.98 Å². The largest absolute Gasteiger partial charge is 0.319 e. The van der Waals surface area contributed by atoms with Crippen molar-refractivity contribution in [3.8, 4) is 0 Å². The molecule has 0 saturated carbocycles. The minimum absolute atomic E-state index is 0.0132. The molecule has 0 bridgehead atoms. The summed E-state index contributed by atoms with van der Waals surface area (Å²) in [7, 11) is 5.70. The Morgan fingerprint density at radius 3 is 3.06 bits per heavy atom. The van der Waals surface area contributed by atoms with Crippen molar-refractivity contribution in [3.05, 3.63) is 46.6 Å². The standard InChI is InChI=1S/C11H8BN3OS/c12-8-1-2-9-10(5-8)17-11(16)15(9)7-14-4-3-13-6-14/h1-6H,7H2. The van der Waals surface area contributed by atoms with Crippen LogP contribution < -0.4 is 10.3 Å². The van der Waals surface area contributed by atoms with Crippen molar-refractivity contribution in [3.63, 3.8) is 0 Å². The normalized spacial score (nSPS) is 11.1. The third kappa shape index (κ3) is 1.80. The molecule has 3 rings (SSSR count). The first-order valence-corrected chi connectivity index (χ1v) is 5.90. The number of aromatic nitrogens is 3. The number of hydrogen-bond donors (Lipinski definition) is 0. The van der Waals surface area contributed by atoms with Gasteiger partial charge < -0.3 is 4.57 Å². The van der Waals surface area contributed by atoms with E-state index in [1.165, 1.54) is 11.3 Å². The van der Waals surface area contributed by atoms with Crippen LogP contribution in [0.15, 0.2) is 41.7 Å². The number of thiazole rings is 1. The third-order valence-corrected chi connectivity index (χ3v) is 3.50. The average molecular weight is 241 g/mol. The van der Waals surface area contributed by atoms with Crippen LogP contribution in [-0.2, 0) is 6.67 Å². The van der Waals surface area contributed by atoms with Gasteiger partial charge in [-0.3, -0.25) is 9.36 Å². The molecule has 0 fully saturated rings. The molecule has 0 atom stereocenters. The van der Waals surface area contributed by atoms with Gasteiger partial charge in [-0.1, -0.05) is 22.9 Å². The highest BCUT2D eigenvalue weighted by Gasteiger charge is 2.07. The third-order valence-electron chi connectivity index (χ3n) is 2.56. The van der Waals surface area contributed by atoms with Crippen molar-refractivity contribution in [2.24, 2.45) is 0 Å². The summed E-state index contributed by atoms with van der Waals surface area (Å²) in [4.78, 5) is 15.9. The summed E-state index contributed by atoms with van der Waals surface area (Å²) in [5.41, 5.74) is 1.58. The van der Waals surface area contributed by atoms with E-state index < -0.39 is 0 Å². The van der Waals surface area contributed by atoms with Gasteiger partial charge in [0.1, 0.15) is 14.5 Å². The predicted octanol–water partition coefficient (Wildman–Crippen LogP) is 0.559. The molecule has 0 unspecified atom stereocenters. The summed E-state index contributed by atoms with van der Waals surface area (Å²) in [5.74, 6) is 0. The summed E-state index contributed by atoms with van der Waals surface area (Å²) in [6, 6.07) is 5.50. The summed E-state index contributed by atoms with van der Waals surface area (Å²) in [6.45, 7) is 0.475. The molecule has 0 aliphatic carbocycles. The second kappa shape index (κ2) is 3.89. The molecule has 0 amide bonds. The highest BCUT2D eigenvalue weighted by molar-refractivity contribution is 7.16. The van der Waals surface area contributed by atoms with Crippen molar-refractivity contribution < 1.29 is 0 Å². The second-order valence-electron chi connectivity index (χ2n) is 3.74. The van der Waals surface area contributed by atoms with Gasteiger partial charge >= 0.3 is 4.87 Å². The minimum Gasteiger partial charge on any atom is -0.319 e. The Kier molecular flexibility index (Phi) is 2.37. The van der Waals surface area contributed by atoms with Gasteiger partial charge in [-0.2, -0.15) is 0 Å². The second-order valence-corrected chi connectivity index (χ2v) is 4.73. The Morgan fingerprint density at radius 1 is 1.41 bits per heavy atom. The molecule has 3 aromatic rings. The van der Waals surface area contributed by atoms with Crippen LogP contribution in [0.2, 0.25) is 0 Å². The lowest BCUT2D eigenvalue weighted by Gasteiger charge is -2.04. The first kappa shape index (κ1) is 10.3. The molecule has 82 valence electrons. The zero-order valence-corrected chi connectivity index (χ0v) is 9.72. The van der Waals surface area contributed by atoms with Crippen LogP contribution >= 0.6 is 11.3 Å². The molecule has 0 aliphatic rings. The number of benzene rings is 1. The molecular formula is C11H8BN3OS. The molecule has 4 nitrogen and oxygen atoms in total. The lowest BCUT2D eigenvalue weighted by atomic mass is 9.97. The lowest BCUT2D eigenvalue weighted by molar-refractivity contribution is 0.616. The smallest absolute Gasteiger partial charge is 0.309 e. The van der Waals surface area contributed by atoms with E-state index in [9.17, 15) is 4.79 Å². The summed E-state index contributed by atoms with van der Waals surface area (Å²) in [5, 5.41) is 0. The monoisotopic (exact) mass is 241 g/mol. The van der Waals surface area contributed by atoms with Gasteiger partial charge in [-0.05, 0) is 12.1 Å². The first-order chi connectivity index (χ1) is 8.24. The van der Waals surface area contributed by atoms with Crippen molar-refractivity contribution >= 4 is 34.9 Å². The molecule has 0 aliphatic heterocycles. The SMILES string of the molecule is [B]c1ccc2c(c1)sc(=O)n2Cn1ccnc1. The molecular weight excluding hydrogens is 233 g/mol. The maximum Gasteiger partial charge on any atom is 0.309 e. The van der Waals surface area contributed by atoms with E-state index in [0.717, 1.165) is 10.2 Å². The molecule has 1 aromatic carbocycles. The van der Waals surface area contributed by atoms with Gasteiger partial charge in [-0.15, -0.1) is 0 Å². The topological polar surface area (TPSA) is 39.8 Å². The quantitative estimate of drug-likeness (QED) is 0.615. The van der Waals surface area contributed by atoms with E-state index in [1.54, 1.807) is 23.2 Å². The molecule has 0 saturated heterocycles. The van der Waals surface area contributed by atoms with Crippen molar-refractivity contribution in [1.29, 1.82) is 0 Å². The Morgan fingerprint density at radius 2 is 2.29 bits per heavy atom. The van der Waals surface area contributed by atoms with Crippen LogP contribution in [0.25, 0.3) is 10.2 Å². The summed E-state index contributed by atoms with van der Waals surface area (Å²) >= 11 is 1.21. The van der Waals surface area contributed by atoms with E-state index in [1.807, 2.05) is 22.9 Å². The fraction of sp³-hybridized carbons (Fsp3) is 0.0909. The van der Waals surface area contributed by atoms with Crippen LogP contribution in [0.1, 0.15) is 0 Å². The van der Waals surface area contributed by atoms with Crippen LogP contribution in [0.4, 0.5) is 0 Å². The van der Waals surface area contributed by atoms with Gasteiger partial charge in [0.05, 0.1) is 16.5 Å². The van der Waals surface area contributed by atoms with Gasteiger partial charge in [0.15, 0.2) is 0 Å². The van der Waals surface area contributed by atoms with Crippen molar-refractivity contribution in [2.45, 2.75) is 6.67 Å². The van der Waals surface area contributed by atoms with E-state index in [4.69, 9.17) is 7.85 Å². The molecule has 2 radical (unpaired) electrons. The van der Waals surface area contributed by atoms with Crippen LogP contribution in [-0.4, -0.2) is 22.0 Å². The van der Waals surface area contributed by atoms with Gasteiger partial charge in [-0.25, -0.2) is 4.98 Å². The average Bonchev–Trinajstić information content (AvgIpc) is 2.88. The lowest BCUT2D eigenvalue weighted by Crippen LogP contribution is -2.17. The van der Waals surface area contributed by atoms with Gasteiger partial charge in [0.2, 0.25) is 0 Å². The van der Waals surface area contributed by atoms with Gasteiger partial charge in [0, 0.05) is 12.4 Å². The molecule has 17 heavy (non-hydrogen) atoms. The summed E-state index contributed by atoms with van der Waals surface area (Å²) in [6.07, 6.45) is 5.21.